The number of ketones is 1. The summed E-state index contributed by atoms with van der Waals surface area (Å²) in [7, 11) is 5.02. The Bertz CT molecular complexity index is 922. The van der Waals surface area contributed by atoms with Crippen molar-refractivity contribution in [2.45, 2.75) is 24.9 Å². The summed E-state index contributed by atoms with van der Waals surface area (Å²) in [5, 5.41) is 4.68. The molecule has 0 spiro atoms. The number of rotatable bonds is 4. The van der Waals surface area contributed by atoms with Crippen molar-refractivity contribution < 1.29 is 23.7 Å². The molecule has 2 aliphatic rings. The van der Waals surface area contributed by atoms with Crippen LogP contribution < -0.4 is 9.47 Å². The smallest absolute Gasteiger partial charge is 0.218 e. The van der Waals surface area contributed by atoms with Gasteiger partial charge in [-0.15, -0.1) is 0 Å². The van der Waals surface area contributed by atoms with Gasteiger partial charge in [0.1, 0.15) is 6.10 Å². The first-order valence-electron chi connectivity index (χ1n) is 8.21. The number of methoxy groups -OCH3 is 2. The van der Waals surface area contributed by atoms with Crippen LogP contribution in [0.15, 0.2) is 18.2 Å². The highest BCUT2D eigenvalue weighted by atomic mass is 32.1. The predicted molar refractivity (Wildman–Crippen MR) is 93.8 cm³/mol. The fourth-order valence-corrected chi connectivity index (χ4v) is 3.63. The molecule has 1 aromatic heterocycles. The van der Waals surface area contributed by atoms with Gasteiger partial charge in [-0.05, 0) is 30.4 Å². The molecule has 2 aromatic rings. The van der Waals surface area contributed by atoms with Crippen molar-refractivity contribution in [3.8, 4) is 22.9 Å². The van der Waals surface area contributed by atoms with Gasteiger partial charge in [0.2, 0.25) is 6.29 Å². The highest BCUT2D eigenvalue weighted by Gasteiger charge is 2.45. The molecule has 138 valence electrons. The summed E-state index contributed by atoms with van der Waals surface area (Å²) in [4.78, 5) is 12.1. The lowest BCUT2D eigenvalue weighted by atomic mass is 10.0. The number of benzene rings is 1. The first-order chi connectivity index (χ1) is 12.5. The third kappa shape index (κ3) is 2.63. The highest BCUT2D eigenvalue weighted by Crippen LogP contribution is 2.35. The third-order valence-electron chi connectivity index (χ3n) is 4.77. The van der Waals surface area contributed by atoms with E-state index in [0.717, 1.165) is 5.56 Å². The van der Waals surface area contributed by atoms with Crippen LogP contribution in [0, 0.1) is 4.77 Å². The van der Waals surface area contributed by atoms with Gasteiger partial charge in [-0.3, -0.25) is 4.79 Å². The molecule has 0 aliphatic carbocycles. The van der Waals surface area contributed by atoms with E-state index in [2.05, 4.69) is 5.10 Å². The van der Waals surface area contributed by atoms with E-state index in [9.17, 15) is 4.79 Å². The zero-order chi connectivity index (χ0) is 18.4. The van der Waals surface area contributed by atoms with Crippen molar-refractivity contribution >= 4 is 18.0 Å². The van der Waals surface area contributed by atoms with Crippen LogP contribution in [-0.2, 0) is 21.3 Å². The van der Waals surface area contributed by atoms with Crippen molar-refractivity contribution in [1.29, 1.82) is 0 Å². The second-order valence-electron chi connectivity index (χ2n) is 6.26. The fraction of sp³-hybridized carbons (Fsp3) is 0.471. The normalized spacial score (nSPS) is 24.7. The average Bonchev–Trinajstić information content (AvgIpc) is 3.21. The summed E-state index contributed by atoms with van der Waals surface area (Å²) in [6, 6.07) is 5.28. The maximum atomic E-state index is 12.1. The van der Waals surface area contributed by atoms with Crippen LogP contribution in [0.3, 0.4) is 0 Å². The molecular weight excluding hydrogens is 358 g/mol. The zero-order valence-corrected chi connectivity index (χ0v) is 15.5. The SMILES string of the molecule is COc1ccc(-c2nn([C@@H]3CC(=O)[C@H]4OC[C@H]3O4)c(=S)n2C)cc1OC. The van der Waals surface area contributed by atoms with Crippen LogP contribution >= 0.6 is 12.2 Å². The van der Waals surface area contributed by atoms with Gasteiger partial charge in [0, 0.05) is 19.0 Å². The Morgan fingerprint density at radius 2 is 2.04 bits per heavy atom. The number of Topliss-reactive ketones (excluding diaryl/α,β-unsaturated/α-hetero) is 1. The summed E-state index contributed by atoms with van der Waals surface area (Å²) in [5.41, 5.74) is 0.832. The Balaban J connectivity index is 1.75. The summed E-state index contributed by atoms with van der Waals surface area (Å²) in [5.74, 6) is 1.83. The molecule has 0 N–H and O–H groups in total. The number of hydrogen-bond acceptors (Lipinski definition) is 7. The minimum atomic E-state index is -0.737. The maximum Gasteiger partial charge on any atom is 0.218 e. The van der Waals surface area contributed by atoms with E-state index in [0.29, 0.717) is 35.1 Å². The standard InChI is InChI=1S/C17H19N3O5S/c1-19-15(9-4-5-12(22-2)13(6-9)23-3)18-20(17(19)26)10-7-11(21)16-24-8-14(10)25-16/h4-6,10,14,16H,7-8H2,1-3H3/t10-,14-,16+/m1/s1. The van der Waals surface area contributed by atoms with Gasteiger partial charge in [-0.2, -0.15) is 5.10 Å². The van der Waals surface area contributed by atoms with Gasteiger partial charge >= 0.3 is 0 Å². The Kier molecular flexibility index (Phi) is 4.29. The van der Waals surface area contributed by atoms with Gasteiger partial charge in [0.25, 0.3) is 0 Å². The lowest BCUT2D eigenvalue weighted by molar-refractivity contribution is -0.156. The molecule has 26 heavy (non-hydrogen) atoms. The molecule has 8 nitrogen and oxygen atoms in total. The molecule has 4 rings (SSSR count). The second kappa shape index (κ2) is 6.49. The zero-order valence-electron chi connectivity index (χ0n) is 14.7. The molecule has 0 saturated carbocycles. The summed E-state index contributed by atoms with van der Waals surface area (Å²) >= 11 is 5.56. The first-order valence-corrected chi connectivity index (χ1v) is 8.62. The monoisotopic (exact) mass is 377 g/mol. The molecule has 2 aliphatic heterocycles. The molecule has 2 saturated heterocycles. The van der Waals surface area contributed by atoms with Crippen molar-refractivity contribution in [1.82, 2.24) is 14.3 Å². The molecule has 0 amide bonds. The fourth-order valence-electron chi connectivity index (χ4n) is 3.37. The molecule has 0 radical (unpaired) electrons. The van der Waals surface area contributed by atoms with E-state index in [1.54, 1.807) is 18.9 Å². The number of aromatic nitrogens is 3. The number of fused-ring (bicyclic) bond motifs is 2. The van der Waals surface area contributed by atoms with E-state index in [1.165, 1.54) is 0 Å². The Morgan fingerprint density at radius 3 is 2.77 bits per heavy atom. The number of carbonyl (C=O) groups excluding carboxylic acids is 1. The number of hydrogen-bond donors (Lipinski definition) is 0. The van der Waals surface area contributed by atoms with Crippen molar-refractivity contribution in [3.05, 3.63) is 23.0 Å². The Morgan fingerprint density at radius 1 is 1.27 bits per heavy atom. The lowest BCUT2D eigenvalue weighted by Crippen LogP contribution is -2.37. The van der Waals surface area contributed by atoms with Gasteiger partial charge in [0.05, 0.1) is 26.9 Å². The van der Waals surface area contributed by atoms with Gasteiger partial charge < -0.3 is 23.5 Å². The van der Waals surface area contributed by atoms with Crippen LogP contribution in [0.1, 0.15) is 12.5 Å². The number of carbonyl (C=O) groups is 1. The minimum Gasteiger partial charge on any atom is -0.493 e. The topological polar surface area (TPSA) is 76.7 Å². The molecule has 0 unspecified atom stereocenters. The predicted octanol–water partition coefficient (Wildman–Crippen LogP) is 1.89. The van der Waals surface area contributed by atoms with Crippen LogP contribution in [0.5, 0.6) is 11.5 Å². The number of nitrogens with zero attached hydrogens (tertiary/aromatic N) is 3. The van der Waals surface area contributed by atoms with E-state index < -0.39 is 6.29 Å². The Hall–Kier alpha value is -2.23. The number of ether oxygens (including phenoxy) is 4. The minimum absolute atomic E-state index is 0.0797. The van der Waals surface area contributed by atoms with E-state index in [-0.39, 0.29) is 17.9 Å². The molecule has 1 aromatic carbocycles. The second-order valence-corrected chi connectivity index (χ2v) is 6.62. The lowest BCUT2D eigenvalue weighted by Gasteiger charge is -2.26. The summed E-state index contributed by atoms with van der Waals surface area (Å²) in [6.45, 7) is 0.366. The van der Waals surface area contributed by atoms with E-state index in [4.69, 9.17) is 31.2 Å². The van der Waals surface area contributed by atoms with Crippen LogP contribution in [0.25, 0.3) is 11.4 Å². The van der Waals surface area contributed by atoms with Crippen molar-refractivity contribution in [2.75, 3.05) is 20.8 Å². The van der Waals surface area contributed by atoms with E-state index >= 15 is 0 Å². The Labute approximate surface area is 155 Å². The van der Waals surface area contributed by atoms with Gasteiger partial charge in [-0.1, -0.05) is 0 Å². The first kappa shape index (κ1) is 17.2. The highest BCUT2D eigenvalue weighted by molar-refractivity contribution is 7.71. The van der Waals surface area contributed by atoms with E-state index in [1.807, 2.05) is 29.8 Å². The molecule has 2 fully saturated rings. The largest absolute Gasteiger partial charge is 0.493 e. The summed E-state index contributed by atoms with van der Waals surface area (Å²) < 4.78 is 25.7. The average molecular weight is 377 g/mol. The van der Waals surface area contributed by atoms with Crippen LogP contribution in [0.4, 0.5) is 0 Å². The molecule has 2 bridgehead atoms. The van der Waals surface area contributed by atoms with Crippen molar-refractivity contribution in [3.63, 3.8) is 0 Å². The van der Waals surface area contributed by atoms with Gasteiger partial charge in [-0.25, -0.2) is 4.68 Å². The maximum absolute atomic E-state index is 12.1. The molecular formula is C17H19N3O5S. The molecule has 3 heterocycles. The van der Waals surface area contributed by atoms with Crippen LogP contribution in [-0.4, -0.2) is 53.4 Å². The van der Waals surface area contributed by atoms with Gasteiger partial charge in [0.15, 0.2) is 27.9 Å². The van der Waals surface area contributed by atoms with Crippen molar-refractivity contribution in [2.24, 2.45) is 7.05 Å². The van der Waals surface area contributed by atoms with Crippen LogP contribution in [0.2, 0.25) is 0 Å². The molecule has 9 heteroatoms. The molecule has 3 atom stereocenters. The summed E-state index contributed by atoms with van der Waals surface area (Å²) in [6.07, 6.45) is -0.663. The third-order valence-corrected chi connectivity index (χ3v) is 5.23. The quantitative estimate of drug-likeness (QED) is 0.753.